The van der Waals surface area contributed by atoms with Crippen molar-refractivity contribution in [2.45, 2.75) is 19.1 Å². The van der Waals surface area contributed by atoms with Gasteiger partial charge >= 0.3 is 0 Å². The predicted molar refractivity (Wildman–Crippen MR) is 36.3 cm³/mol. The zero-order valence-corrected chi connectivity index (χ0v) is 7.64. The lowest BCUT2D eigenvalue weighted by molar-refractivity contribution is -0.343. The number of phosphoric ester groups is 1. The van der Waals surface area contributed by atoms with Crippen LogP contribution in [-0.4, -0.2) is 34.8 Å². The third kappa shape index (κ3) is 5.87. The smallest absolute Gasteiger partial charge is 0.160 e. The van der Waals surface area contributed by atoms with Gasteiger partial charge in [0.25, 0.3) is 0 Å². The Kier molecular flexibility index (Phi) is 4.69. The minimum Gasteiger partial charge on any atom is -0.790 e. The van der Waals surface area contributed by atoms with Crippen LogP contribution >= 0.6 is 7.82 Å². The molecule has 0 aliphatic rings. The molecule has 0 radical (unpaired) electrons. The summed E-state index contributed by atoms with van der Waals surface area (Å²) >= 11 is 0. The van der Waals surface area contributed by atoms with Gasteiger partial charge in [0.2, 0.25) is 0 Å². The molecule has 2 atom stereocenters. The van der Waals surface area contributed by atoms with Crippen molar-refractivity contribution in [3.63, 3.8) is 0 Å². The average molecular weight is 212 g/mol. The van der Waals surface area contributed by atoms with E-state index in [1.165, 1.54) is 0 Å². The van der Waals surface area contributed by atoms with Gasteiger partial charge in [-0.25, -0.2) is 0 Å². The Morgan fingerprint density at radius 1 is 1.54 bits per heavy atom. The Morgan fingerprint density at radius 2 is 2.00 bits per heavy atom. The maximum atomic E-state index is 10.4. The van der Waals surface area contributed by atoms with Gasteiger partial charge in [-0.3, -0.25) is 4.79 Å². The van der Waals surface area contributed by atoms with Crippen LogP contribution in [0.4, 0.5) is 0 Å². The third-order valence-corrected chi connectivity index (χ3v) is 1.65. The highest BCUT2D eigenvalue weighted by molar-refractivity contribution is 7.43. The molecule has 2 N–H and O–H groups in total. The van der Waals surface area contributed by atoms with E-state index in [1.54, 1.807) is 0 Å². The topological polar surface area (TPSA) is 130 Å². The lowest BCUT2D eigenvalue weighted by Crippen LogP contribution is -2.36. The van der Waals surface area contributed by atoms with Gasteiger partial charge in [-0.2, -0.15) is 0 Å². The fourth-order valence-corrected chi connectivity index (χ4v) is 0.865. The number of hydrogen-bond donors (Lipinski definition) is 2. The van der Waals surface area contributed by atoms with Crippen molar-refractivity contribution in [1.29, 1.82) is 0 Å². The van der Waals surface area contributed by atoms with Gasteiger partial charge in [0, 0.05) is 0 Å². The van der Waals surface area contributed by atoms with Crippen LogP contribution in [-0.2, 0) is 13.9 Å². The predicted octanol–water partition coefficient (Wildman–Crippen LogP) is -2.86. The zero-order valence-electron chi connectivity index (χ0n) is 6.74. The lowest BCUT2D eigenvalue weighted by atomic mass is 10.1. The van der Waals surface area contributed by atoms with Crippen molar-refractivity contribution < 1.29 is 33.9 Å². The van der Waals surface area contributed by atoms with E-state index in [4.69, 9.17) is 10.2 Å². The monoisotopic (exact) mass is 212 g/mol. The van der Waals surface area contributed by atoms with Crippen LogP contribution in [0.2, 0.25) is 0 Å². The van der Waals surface area contributed by atoms with Gasteiger partial charge in [-0.1, -0.05) is 0 Å². The first-order chi connectivity index (χ1) is 5.74. The highest BCUT2D eigenvalue weighted by Gasteiger charge is 2.20. The molecule has 0 amide bonds. The first-order valence-corrected chi connectivity index (χ1v) is 4.73. The number of Topliss-reactive ketones (excluding diaryl/α,β-unsaturated/α-hetero) is 1. The van der Waals surface area contributed by atoms with Crippen molar-refractivity contribution in [3.8, 4) is 0 Å². The second kappa shape index (κ2) is 4.80. The molecule has 0 aliphatic carbocycles. The molecule has 0 unspecified atom stereocenters. The fraction of sp³-hybridized carbons (Fsp3) is 0.800. The highest BCUT2D eigenvalue weighted by atomic mass is 31.2. The van der Waals surface area contributed by atoms with Crippen LogP contribution in [0.3, 0.4) is 0 Å². The lowest BCUT2D eigenvalue weighted by Gasteiger charge is -2.30. The summed E-state index contributed by atoms with van der Waals surface area (Å²) in [5.41, 5.74) is 0. The summed E-state index contributed by atoms with van der Waals surface area (Å²) in [5.74, 6) is -0.747. The summed E-state index contributed by atoms with van der Waals surface area (Å²) in [6.45, 7) is 0.0763. The van der Waals surface area contributed by atoms with E-state index in [-0.39, 0.29) is 0 Å². The number of rotatable bonds is 5. The molecule has 0 saturated carbocycles. The molecule has 0 spiro atoms. The van der Waals surface area contributed by atoms with Crippen molar-refractivity contribution in [2.24, 2.45) is 0 Å². The Labute approximate surface area is 74.2 Å². The summed E-state index contributed by atoms with van der Waals surface area (Å²) in [5, 5.41) is 17.7. The summed E-state index contributed by atoms with van der Waals surface area (Å²) in [6, 6.07) is 0. The van der Waals surface area contributed by atoms with E-state index in [0.29, 0.717) is 0 Å². The maximum Gasteiger partial charge on any atom is 0.160 e. The minimum absolute atomic E-state index is 0.747. The van der Waals surface area contributed by atoms with Crippen LogP contribution in [0.15, 0.2) is 0 Å². The summed E-state index contributed by atoms with van der Waals surface area (Å²) in [4.78, 5) is 30.2. The highest BCUT2D eigenvalue weighted by Crippen LogP contribution is 2.24. The van der Waals surface area contributed by atoms with Crippen molar-refractivity contribution >= 4 is 13.6 Å². The molecular formula is C5H9O7P-2. The molecular weight excluding hydrogens is 203 g/mol. The SMILES string of the molecule is CC(=O)[C@@H](O)[C@H](O)COP(=O)([O-])[O-]. The average Bonchev–Trinajstić information content (AvgIpc) is 1.97. The second-order valence-corrected chi connectivity index (χ2v) is 3.52. The standard InChI is InChI=1S/C5H11O7P/c1-3(6)5(8)4(7)2-12-13(9,10)11/h4-5,7-8H,2H2,1H3,(H2,9,10,11)/p-2/t4-,5-/m1/s1. The van der Waals surface area contributed by atoms with Crippen molar-refractivity contribution in [1.82, 2.24) is 0 Å². The van der Waals surface area contributed by atoms with Crippen LogP contribution in [0, 0.1) is 0 Å². The Balaban J connectivity index is 3.95. The molecule has 78 valence electrons. The summed E-state index contributed by atoms with van der Waals surface area (Å²) in [7, 11) is -5.17. The molecule has 0 aromatic carbocycles. The van der Waals surface area contributed by atoms with Crippen LogP contribution in [0.25, 0.3) is 0 Å². The molecule has 8 heteroatoms. The van der Waals surface area contributed by atoms with E-state index in [1.807, 2.05) is 0 Å². The van der Waals surface area contributed by atoms with Crippen molar-refractivity contribution in [3.05, 3.63) is 0 Å². The van der Waals surface area contributed by atoms with E-state index in [2.05, 4.69) is 4.52 Å². The molecule has 7 nitrogen and oxygen atoms in total. The quantitative estimate of drug-likeness (QED) is 0.468. The molecule has 0 fully saturated rings. The van der Waals surface area contributed by atoms with Gasteiger partial charge in [-0.15, -0.1) is 0 Å². The Bertz CT molecular complexity index is 221. The number of carbonyl (C=O) groups is 1. The molecule has 0 aromatic heterocycles. The van der Waals surface area contributed by atoms with Gasteiger partial charge in [0.1, 0.15) is 12.2 Å². The number of aliphatic hydroxyl groups is 2. The summed E-state index contributed by atoms with van der Waals surface area (Å²) < 4.78 is 13.5. The van der Waals surface area contributed by atoms with Crippen LogP contribution in [0.5, 0.6) is 0 Å². The molecule has 0 saturated heterocycles. The van der Waals surface area contributed by atoms with Crippen LogP contribution in [0.1, 0.15) is 6.92 Å². The third-order valence-electron chi connectivity index (χ3n) is 1.18. The number of carbonyl (C=O) groups excluding carboxylic acids is 1. The largest absolute Gasteiger partial charge is 0.790 e. The van der Waals surface area contributed by atoms with E-state index < -0.39 is 32.4 Å². The molecule has 0 bridgehead atoms. The Morgan fingerprint density at radius 3 is 2.31 bits per heavy atom. The van der Waals surface area contributed by atoms with Gasteiger partial charge in [-0.05, 0) is 6.92 Å². The van der Waals surface area contributed by atoms with Gasteiger partial charge in [0.15, 0.2) is 5.78 Å². The molecule has 13 heavy (non-hydrogen) atoms. The molecule has 0 aliphatic heterocycles. The van der Waals surface area contributed by atoms with E-state index >= 15 is 0 Å². The number of aliphatic hydroxyl groups excluding tert-OH is 2. The van der Waals surface area contributed by atoms with E-state index in [9.17, 15) is 19.1 Å². The number of ketones is 1. The zero-order chi connectivity index (χ0) is 10.6. The van der Waals surface area contributed by atoms with Crippen LogP contribution < -0.4 is 9.79 Å². The molecule has 0 rings (SSSR count). The Hall–Kier alpha value is -0.300. The first-order valence-electron chi connectivity index (χ1n) is 3.27. The van der Waals surface area contributed by atoms with E-state index in [0.717, 1.165) is 6.92 Å². The fourth-order valence-electron chi connectivity index (χ4n) is 0.530. The second-order valence-electron chi connectivity index (χ2n) is 2.37. The molecule has 0 aromatic rings. The normalized spacial score (nSPS) is 16.7. The van der Waals surface area contributed by atoms with Gasteiger partial charge in [0.05, 0.1) is 14.4 Å². The van der Waals surface area contributed by atoms with Gasteiger partial charge < -0.3 is 29.1 Å². The number of phosphoric acid groups is 1. The minimum atomic E-state index is -5.17. The first kappa shape index (κ1) is 12.7. The maximum absolute atomic E-state index is 10.4. The number of hydrogen-bond acceptors (Lipinski definition) is 7. The summed E-state index contributed by atoms with van der Waals surface area (Å²) in [6.07, 6.45) is -3.46. The molecule has 0 heterocycles. The van der Waals surface area contributed by atoms with Crippen molar-refractivity contribution in [2.75, 3.05) is 6.61 Å².